The van der Waals surface area contributed by atoms with Gasteiger partial charge in [0.2, 0.25) is 0 Å². The van der Waals surface area contributed by atoms with Crippen LogP contribution in [0, 0.1) is 0 Å². The molecular formula is C21H16BrNO2. The third kappa shape index (κ3) is 2.63. The molecule has 0 N–H and O–H groups in total. The average Bonchev–Trinajstić information content (AvgIpc) is 2.94. The lowest BCUT2D eigenvalue weighted by molar-refractivity contribution is 0.0519. The molecule has 3 nitrogen and oxygen atoms in total. The van der Waals surface area contributed by atoms with Crippen LogP contribution in [0.1, 0.15) is 17.4 Å². The van der Waals surface area contributed by atoms with Gasteiger partial charge in [-0.3, -0.25) is 0 Å². The number of fused-ring (bicyclic) bond motifs is 2. The molecule has 0 aliphatic heterocycles. The van der Waals surface area contributed by atoms with Gasteiger partial charge >= 0.3 is 5.97 Å². The maximum Gasteiger partial charge on any atom is 0.355 e. The van der Waals surface area contributed by atoms with Crippen molar-refractivity contribution in [2.45, 2.75) is 6.92 Å². The fourth-order valence-electron chi connectivity index (χ4n) is 3.18. The lowest BCUT2D eigenvalue weighted by atomic mass is 10.0. The number of esters is 1. The lowest BCUT2D eigenvalue weighted by Gasteiger charge is -2.08. The summed E-state index contributed by atoms with van der Waals surface area (Å²) in [6.07, 6.45) is 1.89. The molecule has 0 amide bonds. The maximum atomic E-state index is 12.7. The van der Waals surface area contributed by atoms with Gasteiger partial charge in [0.05, 0.1) is 16.6 Å². The van der Waals surface area contributed by atoms with Crippen LogP contribution in [0.4, 0.5) is 0 Å². The molecular weight excluding hydrogens is 378 g/mol. The van der Waals surface area contributed by atoms with Crippen LogP contribution in [0.2, 0.25) is 0 Å². The van der Waals surface area contributed by atoms with E-state index in [0.717, 1.165) is 26.5 Å². The highest BCUT2D eigenvalue weighted by molar-refractivity contribution is 9.10. The number of nitrogens with zero attached hydrogens (tertiary/aromatic N) is 1. The van der Waals surface area contributed by atoms with Crippen LogP contribution in [-0.4, -0.2) is 17.0 Å². The van der Waals surface area contributed by atoms with E-state index in [2.05, 4.69) is 40.2 Å². The summed E-state index contributed by atoms with van der Waals surface area (Å²) in [7, 11) is 0. The summed E-state index contributed by atoms with van der Waals surface area (Å²) in [5, 5.41) is 2.31. The molecule has 4 rings (SSSR count). The van der Waals surface area contributed by atoms with E-state index in [1.165, 1.54) is 5.39 Å². The SMILES string of the molecule is CCOC(=O)c1c(-c2ccc3ccccc3c2)c(Br)c2ccccn12. The molecule has 0 spiro atoms. The minimum Gasteiger partial charge on any atom is -0.461 e. The second kappa shape index (κ2) is 6.37. The Hall–Kier alpha value is -2.59. The molecule has 0 atom stereocenters. The van der Waals surface area contributed by atoms with Gasteiger partial charge in [-0.25, -0.2) is 4.79 Å². The number of rotatable bonds is 3. The molecule has 0 aliphatic carbocycles. The van der Waals surface area contributed by atoms with Crippen molar-refractivity contribution in [3.05, 3.63) is 77.0 Å². The van der Waals surface area contributed by atoms with Crippen molar-refractivity contribution in [2.75, 3.05) is 6.61 Å². The van der Waals surface area contributed by atoms with Crippen LogP contribution in [0.5, 0.6) is 0 Å². The van der Waals surface area contributed by atoms with Gasteiger partial charge in [-0.1, -0.05) is 42.5 Å². The molecule has 2 aromatic heterocycles. The third-order valence-corrected chi connectivity index (χ3v) is 5.09. The van der Waals surface area contributed by atoms with Crippen molar-refractivity contribution >= 4 is 38.2 Å². The Labute approximate surface area is 154 Å². The van der Waals surface area contributed by atoms with Crippen molar-refractivity contribution in [2.24, 2.45) is 0 Å². The number of pyridine rings is 1. The summed E-state index contributed by atoms with van der Waals surface area (Å²) in [6, 6.07) is 20.3. The summed E-state index contributed by atoms with van der Waals surface area (Å²) in [6.45, 7) is 2.16. The number of ether oxygens (including phenoxy) is 1. The predicted octanol–water partition coefficient (Wildman–Crippen LogP) is 5.70. The van der Waals surface area contributed by atoms with Gasteiger partial charge in [-0.2, -0.15) is 0 Å². The molecule has 0 saturated carbocycles. The first-order chi connectivity index (χ1) is 12.2. The summed E-state index contributed by atoms with van der Waals surface area (Å²) < 4.78 is 8.09. The Morgan fingerprint density at radius 3 is 2.60 bits per heavy atom. The molecule has 2 aromatic carbocycles. The second-order valence-electron chi connectivity index (χ2n) is 5.78. The monoisotopic (exact) mass is 393 g/mol. The summed E-state index contributed by atoms with van der Waals surface area (Å²) in [5.41, 5.74) is 3.32. The van der Waals surface area contributed by atoms with Gasteiger partial charge in [0, 0.05) is 11.8 Å². The van der Waals surface area contributed by atoms with E-state index < -0.39 is 0 Å². The van der Waals surface area contributed by atoms with Crippen molar-refractivity contribution in [3.63, 3.8) is 0 Å². The van der Waals surface area contributed by atoms with Gasteiger partial charge in [-0.15, -0.1) is 0 Å². The van der Waals surface area contributed by atoms with Gasteiger partial charge in [0.1, 0.15) is 5.69 Å². The van der Waals surface area contributed by atoms with Gasteiger partial charge < -0.3 is 9.14 Å². The molecule has 0 saturated heterocycles. The first kappa shape index (κ1) is 15.9. The Balaban J connectivity index is 2.03. The molecule has 0 fully saturated rings. The van der Waals surface area contributed by atoms with Crippen molar-refractivity contribution < 1.29 is 9.53 Å². The zero-order chi connectivity index (χ0) is 17.4. The molecule has 4 heteroatoms. The smallest absolute Gasteiger partial charge is 0.355 e. The number of hydrogen-bond donors (Lipinski definition) is 0. The van der Waals surface area contributed by atoms with Crippen LogP contribution >= 0.6 is 15.9 Å². The predicted molar refractivity (Wildman–Crippen MR) is 104 cm³/mol. The van der Waals surface area contributed by atoms with Gasteiger partial charge in [0.15, 0.2) is 0 Å². The molecule has 0 unspecified atom stereocenters. The van der Waals surface area contributed by atoms with Crippen LogP contribution < -0.4 is 0 Å². The van der Waals surface area contributed by atoms with Crippen LogP contribution in [0.25, 0.3) is 27.4 Å². The van der Waals surface area contributed by atoms with E-state index in [9.17, 15) is 4.79 Å². The average molecular weight is 394 g/mol. The number of halogens is 1. The Morgan fingerprint density at radius 2 is 1.80 bits per heavy atom. The number of aromatic nitrogens is 1. The largest absolute Gasteiger partial charge is 0.461 e. The molecule has 0 aliphatic rings. The first-order valence-electron chi connectivity index (χ1n) is 8.15. The second-order valence-corrected chi connectivity index (χ2v) is 6.57. The molecule has 2 heterocycles. The highest BCUT2D eigenvalue weighted by Gasteiger charge is 2.24. The van der Waals surface area contributed by atoms with Gasteiger partial charge in [0.25, 0.3) is 0 Å². The van der Waals surface area contributed by atoms with Crippen LogP contribution in [0.15, 0.2) is 71.3 Å². The van der Waals surface area contributed by atoms with E-state index in [4.69, 9.17) is 4.74 Å². The standard InChI is InChI=1S/C21H16BrNO2/c1-2-25-21(24)20-18(19(22)17-9-5-6-12-23(17)20)16-11-10-14-7-3-4-8-15(14)13-16/h3-13H,2H2,1H3. The van der Waals surface area contributed by atoms with E-state index in [1.54, 1.807) is 0 Å². The minimum atomic E-state index is -0.322. The maximum absolute atomic E-state index is 12.7. The Kier molecular flexibility index (Phi) is 4.06. The van der Waals surface area contributed by atoms with E-state index >= 15 is 0 Å². The molecule has 124 valence electrons. The molecule has 0 bridgehead atoms. The Bertz CT molecular complexity index is 1100. The van der Waals surface area contributed by atoms with Crippen LogP contribution in [-0.2, 0) is 4.74 Å². The highest BCUT2D eigenvalue weighted by Crippen LogP contribution is 2.38. The molecule has 4 aromatic rings. The summed E-state index contributed by atoms with van der Waals surface area (Å²) in [4.78, 5) is 12.7. The third-order valence-electron chi connectivity index (χ3n) is 4.29. The number of carbonyl (C=O) groups is 1. The lowest BCUT2D eigenvalue weighted by Crippen LogP contribution is -2.09. The molecule has 25 heavy (non-hydrogen) atoms. The topological polar surface area (TPSA) is 30.7 Å². The van der Waals surface area contributed by atoms with E-state index in [1.807, 2.05) is 53.9 Å². The number of carbonyl (C=O) groups excluding carboxylic acids is 1. The van der Waals surface area contributed by atoms with Crippen molar-refractivity contribution in [1.29, 1.82) is 0 Å². The zero-order valence-electron chi connectivity index (χ0n) is 13.7. The number of benzene rings is 2. The van der Waals surface area contributed by atoms with E-state index in [0.29, 0.717) is 12.3 Å². The summed E-state index contributed by atoms with van der Waals surface area (Å²) in [5.74, 6) is -0.322. The molecule has 0 radical (unpaired) electrons. The fourth-order valence-corrected chi connectivity index (χ4v) is 3.92. The minimum absolute atomic E-state index is 0.322. The quantitative estimate of drug-likeness (QED) is 0.418. The fraction of sp³-hybridized carbons (Fsp3) is 0.0952. The Morgan fingerprint density at radius 1 is 1.04 bits per heavy atom. The zero-order valence-corrected chi connectivity index (χ0v) is 15.3. The normalized spacial score (nSPS) is 11.1. The number of hydrogen-bond acceptors (Lipinski definition) is 2. The first-order valence-corrected chi connectivity index (χ1v) is 8.95. The van der Waals surface area contributed by atoms with Crippen molar-refractivity contribution in [3.8, 4) is 11.1 Å². The van der Waals surface area contributed by atoms with E-state index in [-0.39, 0.29) is 5.97 Å². The summed E-state index contributed by atoms with van der Waals surface area (Å²) >= 11 is 3.69. The highest BCUT2D eigenvalue weighted by atomic mass is 79.9. The van der Waals surface area contributed by atoms with Crippen LogP contribution in [0.3, 0.4) is 0 Å². The van der Waals surface area contributed by atoms with Crippen molar-refractivity contribution in [1.82, 2.24) is 4.40 Å². The van der Waals surface area contributed by atoms with Gasteiger partial charge in [-0.05, 0) is 57.4 Å².